The molecule has 3 rings (SSSR count). The first-order valence-corrected chi connectivity index (χ1v) is 8.28. The van der Waals surface area contributed by atoms with Gasteiger partial charge in [-0.2, -0.15) is 5.10 Å². The van der Waals surface area contributed by atoms with E-state index in [-0.39, 0.29) is 11.9 Å². The molecule has 3 heterocycles. The number of rotatable bonds is 5. The van der Waals surface area contributed by atoms with Gasteiger partial charge in [0, 0.05) is 29.7 Å². The van der Waals surface area contributed by atoms with Gasteiger partial charge in [-0.3, -0.25) is 0 Å². The number of urea groups is 1. The van der Waals surface area contributed by atoms with Gasteiger partial charge in [-0.15, -0.1) is 11.3 Å². The number of pyridine rings is 1. The van der Waals surface area contributed by atoms with Crippen molar-refractivity contribution in [3.8, 4) is 5.82 Å². The number of nitrogens with zero attached hydrogens (tertiary/aromatic N) is 5. The molecule has 2 amide bonds. The van der Waals surface area contributed by atoms with E-state index in [9.17, 15) is 4.79 Å². The maximum atomic E-state index is 12.2. The molecule has 2 N–H and O–H groups in total. The lowest BCUT2D eigenvalue weighted by atomic mass is 10.2. The first kappa shape index (κ1) is 16.1. The standard InChI is InChI=1S/C15H17N7OS/c1-10(14-20-11(2)7-24-14)6-18-15(23)21-12-4-3-5-17-13(12)22-9-16-8-19-22/h3-5,7-10H,6H2,1-2H3,(H2,18,21,23)/t10-/m1/s1. The number of aromatic nitrogens is 5. The molecule has 8 nitrogen and oxygen atoms in total. The van der Waals surface area contributed by atoms with E-state index < -0.39 is 0 Å². The predicted molar refractivity (Wildman–Crippen MR) is 91.4 cm³/mol. The van der Waals surface area contributed by atoms with Crippen LogP contribution in [0.25, 0.3) is 5.82 Å². The lowest BCUT2D eigenvalue weighted by Gasteiger charge is -2.13. The van der Waals surface area contributed by atoms with E-state index in [0.717, 1.165) is 10.7 Å². The van der Waals surface area contributed by atoms with Gasteiger partial charge in [-0.25, -0.2) is 24.4 Å². The summed E-state index contributed by atoms with van der Waals surface area (Å²) in [6.45, 7) is 4.49. The topological polar surface area (TPSA) is 97.6 Å². The van der Waals surface area contributed by atoms with Crippen molar-refractivity contribution >= 4 is 23.1 Å². The van der Waals surface area contributed by atoms with Crippen LogP contribution in [-0.2, 0) is 0 Å². The fourth-order valence-electron chi connectivity index (χ4n) is 2.09. The van der Waals surface area contributed by atoms with Gasteiger partial charge in [0.25, 0.3) is 0 Å². The average molecular weight is 343 g/mol. The summed E-state index contributed by atoms with van der Waals surface area (Å²) in [4.78, 5) is 24.7. The van der Waals surface area contributed by atoms with Crippen molar-refractivity contribution in [2.75, 3.05) is 11.9 Å². The predicted octanol–water partition coefficient (Wildman–Crippen LogP) is 2.35. The Balaban J connectivity index is 1.61. The Hall–Kier alpha value is -2.81. The Morgan fingerprint density at radius 2 is 2.33 bits per heavy atom. The highest BCUT2D eigenvalue weighted by Crippen LogP contribution is 2.19. The summed E-state index contributed by atoms with van der Waals surface area (Å²) in [5.74, 6) is 0.659. The zero-order valence-electron chi connectivity index (χ0n) is 13.3. The highest BCUT2D eigenvalue weighted by molar-refractivity contribution is 7.09. The Morgan fingerprint density at radius 1 is 1.46 bits per heavy atom. The number of aryl methyl sites for hydroxylation is 1. The van der Waals surface area contributed by atoms with Crippen LogP contribution in [0.2, 0.25) is 0 Å². The fourth-order valence-corrected chi connectivity index (χ4v) is 2.95. The number of carbonyl (C=O) groups is 1. The monoisotopic (exact) mass is 343 g/mol. The number of thiazole rings is 1. The Labute approximate surface area is 143 Å². The summed E-state index contributed by atoms with van der Waals surface area (Å²) < 4.78 is 1.50. The summed E-state index contributed by atoms with van der Waals surface area (Å²) >= 11 is 1.60. The molecule has 124 valence electrons. The van der Waals surface area contributed by atoms with Crippen LogP contribution >= 0.6 is 11.3 Å². The van der Waals surface area contributed by atoms with Gasteiger partial charge >= 0.3 is 6.03 Å². The molecule has 0 aromatic carbocycles. The van der Waals surface area contributed by atoms with Gasteiger partial charge < -0.3 is 10.6 Å². The van der Waals surface area contributed by atoms with Crippen LogP contribution in [0.1, 0.15) is 23.5 Å². The summed E-state index contributed by atoms with van der Waals surface area (Å²) in [5.41, 5.74) is 1.55. The van der Waals surface area contributed by atoms with Gasteiger partial charge in [0.05, 0.1) is 10.7 Å². The van der Waals surface area contributed by atoms with Crippen LogP contribution in [0.15, 0.2) is 36.4 Å². The molecule has 0 saturated carbocycles. The molecule has 0 radical (unpaired) electrons. The van der Waals surface area contributed by atoms with Crippen molar-refractivity contribution in [1.82, 2.24) is 30.0 Å². The number of hydrogen-bond donors (Lipinski definition) is 2. The van der Waals surface area contributed by atoms with Crippen LogP contribution in [0.3, 0.4) is 0 Å². The first-order valence-electron chi connectivity index (χ1n) is 7.40. The minimum atomic E-state index is -0.301. The second-order valence-corrected chi connectivity index (χ2v) is 6.17. The van der Waals surface area contributed by atoms with Crippen molar-refractivity contribution in [3.05, 3.63) is 47.1 Å². The second kappa shape index (κ2) is 7.18. The van der Waals surface area contributed by atoms with Gasteiger partial charge in [0.1, 0.15) is 12.7 Å². The summed E-state index contributed by atoms with van der Waals surface area (Å²) in [6.07, 6.45) is 4.57. The third kappa shape index (κ3) is 3.74. The van der Waals surface area contributed by atoms with Gasteiger partial charge in [0.2, 0.25) is 0 Å². The molecule has 0 aliphatic heterocycles. The van der Waals surface area contributed by atoms with E-state index in [2.05, 4.69) is 30.7 Å². The van der Waals surface area contributed by atoms with Crippen LogP contribution in [0, 0.1) is 6.92 Å². The molecule has 1 atom stereocenters. The summed E-state index contributed by atoms with van der Waals surface area (Å²) in [7, 11) is 0. The highest BCUT2D eigenvalue weighted by atomic mass is 32.1. The third-order valence-electron chi connectivity index (χ3n) is 3.30. The zero-order valence-corrected chi connectivity index (χ0v) is 14.1. The molecule has 0 aliphatic carbocycles. The number of anilines is 1. The highest BCUT2D eigenvalue weighted by Gasteiger charge is 2.13. The summed E-state index contributed by atoms with van der Waals surface area (Å²) in [5, 5.41) is 12.7. The third-order valence-corrected chi connectivity index (χ3v) is 4.49. The maximum Gasteiger partial charge on any atom is 0.319 e. The van der Waals surface area contributed by atoms with Crippen molar-refractivity contribution in [1.29, 1.82) is 0 Å². The van der Waals surface area contributed by atoms with E-state index in [1.807, 2.05) is 19.2 Å². The van der Waals surface area contributed by atoms with Gasteiger partial charge in [0.15, 0.2) is 5.82 Å². The second-order valence-electron chi connectivity index (χ2n) is 5.28. The van der Waals surface area contributed by atoms with Crippen molar-refractivity contribution in [2.24, 2.45) is 0 Å². The van der Waals surface area contributed by atoms with Crippen LogP contribution in [-0.4, -0.2) is 37.3 Å². The molecular formula is C15H17N7OS. The lowest BCUT2D eigenvalue weighted by molar-refractivity contribution is 0.251. The molecule has 0 unspecified atom stereocenters. The van der Waals surface area contributed by atoms with Crippen LogP contribution < -0.4 is 10.6 Å². The van der Waals surface area contributed by atoms with Crippen molar-refractivity contribution in [3.63, 3.8) is 0 Å². The SMILES string of the molecule is Cc1csc([C@H](C)CNC(=O)Nc2cccnc2-n2cncn2)n1. The molecule has 0 fully saturated rings. The first-order chi connectivity index (χ1) is 11.6. The van der Waals surface area contributed by atoms with E-state index >= 15 is 0 Å². The minimum Gasteiger partial charge on any atom is -0.337 e. The average Bonchev–Trinajstić information content (AvgIpc) is 3.25. The van der Waals surface area contributed by atoms with E-state index in [0.29, 0.717) is 18.1 Å². The van der Waals surface area contributed by atoms with Crippen LogP contribution in [0.4, 0.5) is 10.5 Å². The van der Waals surface area contributed by atoms with Crippen molar-refractivity contribution in [2.45, 2.75) is 19.8 Å². The fraction of sp³-hybridized carbons (Fsp3) is 0.267. The van der Waals surface area contributed by atoms with E-state index in [1.54, 1.807) is 29.7 Å². The number of carbonyl (C=O) groups excluding carboxylic acids is 1. The lowest BCUT2D eigenvalue weighted by Crippen LogP contribution is -2.32. The van der Waals surface area contributed by atoms with Crippen LogP contribution in [0.5, 0.6) is 0 Å². The smallest absolute Gasteiger partial charge is 0.319 e. The Kier molecular flexibility index (Phi) is 4.80. The largest absolute Gasteiger partial charge is 0.337 e. The molecule has 0 saturated heterocycles. The zero-order chi connectivity index (χ0) is 16.9. The quantitative estimate of drug-likeness (QED) is 0.741. The molecule has 3 aromatic rings. The molecule has 9 heteroatoms. The molecule has 0 aliphatic rings. The number of nitrogens with one attached hydrogen (secondary N) is 2. The molecule has 3 aromatic heterocycles. The number of amides is 2. The molecule has 24 heavy (non-hydrogen) atoms. The van der Waals surface area contributed by atoms with E-state index in [1.165, 1.54) is 17.3 Å². The normalized spacial score (nSPS) is 11.9. The molecule has 0 spiro atoms. The molecule has 0 bridgehead atoms. The minimum absolute atomic E-state index is 0.151. The van der Waals surface area contributed by atoms with Gasteiger partial charge in [-0.1, -0.05) is 6.92 Å². The Morgan fingerprint density at radius 3 is 3.04 bits per heavy atom. The summed E-state index contributed by atoms with van der Waals surface area (Å²) in [6, 6.07) is 3.21. The van der Waals surface area contributed by atoms with E-state index in [4.69, 9.17) is 0 Å². The van der Waals surface area contributed by atoms with Crippen molar-refractivity contribution < 1.29 is 4.79 Å². The molecular weight excluding hydrogens is 326 g/mol. The Bertz CT molecular complexity index is 815. The van der Waals surface area contributed by atoms with Gasteiger partial charge in [-0.05, 0) is 19.1 Å². The number of hydrogen-bond acceptors (Lipinski definition) is 6. The maximum absolute atomic E-state index is 12.2.